The summed E-state index contributed by atoms with van der Waals surface area (Å²) >= 11 is 0. The van der Waals surface area contributed by atoms with Crippen LogP contribution in [0.25, 0.3) is 0 Å². The number of urea groups is 1. The van der Waals surface area contributed by atoms with Gasteiger partial charge in [0.15, 0.2) is 6.04 Å². The lowest BCUT2D eigenvalue weighted by Gasteiger charge is -2.16. The molecule has 0 aromatic heterocycles. The Morgan fingerprint density at radius 1 is 1.31 bits per heavy atom. The van der Waals surface area contributed by atoms with Gasteiger partial charge in [0, 0.05) is 12.5 Å². The number of carbonyl (C=O) groups excluding carboxylic acids is 2. The standard InChI is InChI=1S/C8H15N3O5/c1-4(2-6(9)13)10-8(16)11-5(3-12)7(14)15/h4-5,12H,2-3H2,1H3,(H2,9,13)(H,14,15)(H2,10,11,16)/t4?,5-/m1/s1. The Kier molecular flexibility index (Phi) is 5.86. The van der Waals surface area contributed by atoms with Gasteiger partial charge in [0.2, 0.25) is 5.91 Å². The molecule has 0 aromatic carbocycles. The lowest BCUT2D eigenvalue weighted by atomic mass is 10.2. The van der Waals surface area contributed by atoms with Gasteiger partial charge < -0.3 is 26.6 Å². The van der Waals surface area contributed by atoms with Crippen molar-refractivity contribution in [3.8, 4) is 0 Å². The van der Waals surface area contributed by atoms with Crippen LogP contribution in [0.3, 0.4) is 0 Å². The Hall–Kier alpha value is -1.83. The summed E-state index contributed by atoms with van der Waals surface area (Å²) in [5.41, 5.74) is 4.90. The summed E-state index contributed by atoms with van der Waals surface area (Å²) < 4.78 is 0. The van der Waals surface area contributed by atoms with Crippen LogP contribution < -0.4 is 16.4 Å². The van der Waals surface area contributed by atoms with Gasteiger partial charge in [-0.25, -0.2) is 9.59 Å². The fourth-order valence-corrected chi connectivity index (χ4v) is 0.962. The highest BCUT2D eigenvalue weighted by molar-refractivity contribution is 5.83. The fraction of sp³-hybridized carbons (Fsp3) is 0.625. The van der Waals surface area contributed by atoms with Crippen LogP contribution in [0.15, 0.2) is 0 Å². The van der Waals surface area contributed by atoms with Crippen LogP contribution in [0.4, 0.5) is 4.79 Å². The maximum absolute atomic E-state index is 11.2. The lowest BCUT2D eigenvalue weighted by Crippen LogP contribution is -2.50. The summed E-state index contributed by atoms with van der Waals surface area (Å²) in [6.07, 6.45) is -0.0513. The average Bonchev–Trinajstić information content (AvgIpc) is 2.11. The summed E-state index contributed by atoms with van der Waals surface area (Å²) in [5, 5.41) is 21.5. The first-order valence-electron chi connectivity index (χ1n) is 4.55. The molecule has 0 saturated heterocycles. The van der Waals surface area contributed by atoms with Gasteiger partial charge in [0.05, 0.1) is 6.61 Å². The molecule has 8 heteroatoms. The molecule has 0 aliphatic rings. The van der Waals surface area contributed by atoms with Crippen molar-refractivity contribution in [2.75, 3.05) is 6.61 Å². The zero-order chi connectivity index (χ0) is 12.7. The van der Waals surface area contributed by atoms with Crippen molar-refractivity contribution in [3.05, 3.63) is 0 Å². The Bertz CT molecular complexity index is 281. The van der Waals surface area contributed by atoms with Gasteiger partial charge >= 0.3 is 12.0 Å². The topological polar surface area (TPSA) is 142 Å². The maximum atomic E-state index is 11.2. The highest BCUT2D eigenvalue weighted by Crippen LogP contribution is 1.89. The van der Waals surface area contributed by atoms with Gasteiger partial charge in [-0.1, -0.05) is 0 Å². The number of nitrogens with one attached hydrogen (secondary N) is 2. The number of hydrogen-bond donors (Lipinski definition) is 5. The highest BCUT2D eigenvalue weighted by atomic mass is 16.4. The van der Waals surface area contributed by atoms with E-state index in [9.17, 15) is 14.4 Å². The molecular formula is C8H15N3O5. The number of primary amides is 1. The van der Waals surface area contributed by atoms with Crippen molar-refractivity contribution < 1.29 is 24.6 Å². The second-order valence-corrected chi connectivity index (χ2v) is 3.26. The third-order valence-electron chi connectivity index (χ3n) is 1.67. The molecule has 0 fully saturated rings. The van der Waals surface area contributed by atoms with Crippen LogP contribution in [0.1, 0.15) is 13.3 Å². The molecule has 0 bridgehead atoms. The van der Waals surface area contributed by atoms with Crippen molar-refractivity contribution in [2.24, 2.45) is 5.73 Å². The molecule has 0 aliphatic carbocycles. The van der Waals surface area contributed by atoms with Crippen LogP contribution in [-0.2, 0) is 9.59 Å². The maximum Gasteiger partial charge on any atom is 0.328 e. The minimum Gasteiger partial charge on any atom is -0.480 e. The lowest BCUT2D eigenvalue weighted by molar-refractivity contribution is -0.140. The van der Waals surface area contributed by atoms with E-state index in [1.165, 1.54) is 0 Å². The molecule has 0 aliphatic heterocycles. The van der Waals surface area contributed by atoms with E-state index < -0.39 is 36.6 Å². The third kappa shape index (κ3) is 5.81. The molecule has 0 rings (SSSR count). The summed E-state index contributed by atoms with van der Waals surface area (Å²) in [6, 6.07) is -2.67. The number of aliphatic carboxylic acids is 1. The van der Waals surface area contributed by atoms with Gasteiger partial charge in [-0.2, -0.15) is 0 Å². The predicted molar refractivity (Wildman–Crippen MR) is 53.5 cm³/mol. The van der Waals surface area contributed by atoms with Gasteiger partial charge in [-0.15, -0.1) is 0 Å². The van der Waals surface area contributed by atoms with Crippen molar-refractivity contribution in [1.29, 1.82) is 0 Å². The Morgan fingerprint density at radius 2 is 1.88 bits per heavy atom. The van der Waals surface area contributed by atoms with Crippen LogP contribution >= 0.6 is 0 Å². The second kappa shape index (κ2) is 6.62. The molecule has 92 valence electrons. The van der Waals surface area contributed by atoms with Crippen molar-refractivity contribution in [1.82, 2.24) is 10.6 Å². The van der Waals surface area contributed by atoms with E-state index in [-0.39, 0.29) is 6.42 Å². The largest absolute Gasteiger partial charge is 0.480 e. The molecule has 2 atom stereocenters. The number of nitrogens with two attached hydrogens (primary N) is 1. The van der Waals surface area contributed by atoms with Crippen molar-refractivity contribution in [2.45, 2.75) is 25.4 Å². The summed E-state index contributed by atoms with van der Waals surface area (Å²) in [4.78, 5) is 32.1. The zero-order valence-electron chi connectivity index (χ0n) is 8.77. The molecule has 16 heavy (non-hydrogen) atoms. The Balaban J connectivity index is 4.06. The number of carbonyl (C=O) groups is 3. The molecule has 0 heterocycles. The molecule has 0 aromatic rings. The number of amides is 3. The van der Waals surface area contributed by atoms with E-state index >= 15 is 0 Å². The Labute approximate surface area is 91.8 Å². The fourth-order valence-electron chi connectivity index (χ4n) is 0.962. The predicted octanol–water partition coefficient (Wildman–Crippen LogP) is -2.00. The second-order valence-electron chi connectivity index (χ2n) is 3.26. The first-order valence-corrected chi connectivity index (χ1v) is 4.55. The number of carboxylic acids is 1. The average molecular weight is 233 g/mol. The molecule has 0 saturated carbocycles. The SMILES string of the molecule is CC(CC(N)=O)NC(=O)N[C@H](CO)C(=O)O. The number of hydrogen-bond acceptors (Lipinski definition) is 4. The van der Waals surface area contributed by atoms with Crippen molar-refractivity contribution in [3.63, 3.8) is 0 Å². The normalized spacial score (nSPS) is 13.6. The van der Waals surface area contributed by atoms with E-state index in [1.54, 1.807) is 6.92 Å². The minimum absolute atomic E-state index is 0.0513. The number of rotatable bonds is 6. The third-order valence-corrected chi connectivity index (χ3v) is 1.67. The number of carboxylic acid groups (broad SMARTS) is 1. The quantitative estimate of drug-likeness (QED) is 0.360. The summed E-state index contributed by atoms with van der Waals surface area (Å²) in [5.74, 6) is -1.93. The van der Waals surface area contributed by atoms with Gasteiger partial charge in [-0.3, -0.25) is 4.79 Å². The molecule has 1 unspecified atom stereocenters. The van der Waals surface area contributed by atoms with Crippen molar-refractivity contribution >= 4 is 17.9 Å². The van der Waals surface area contributed by atoms with Gasteiger partial charge in [0.1, 0.15) is 0 Å². The van der Waals surface area contributed by atoms with E-state index in [0.29, 0.717) is 0 Å². The monoisotopic (exact) mass is 233 g/mol. The van der Waals surface area contributed by atoms with E-state index in [1.807, 2.05) is 5.32 Å². The number of aliphatic hydroxyl groups is 1. The number of aliphatic hydroxyl groups excluding tert-OH is 1. The first-order chi connectivity index (χ1) is 7.36. The first kappa shape index (κ1) is 14.2. The molecule has 6 N–H and O–H groups in total. The van der Waals surface area contributed by atoms with Crippen LogP contribution in [0.5, 0.6) is 0 Å². The van der Waals surface area contributed by atoms with E-state index in [0.717, 1.165) is 0 Å². The van der Waals surface area contributed by atoms with Gasteiger partial charge in [0.25, 0.3) is 0 Å². The Morgan fingerprint density at radius 3 is 2.25 bits per heavy atom. The van der Waals surface area contributed by atoms with Crippen LogP contribution in [-0.4, -0.2) is 46.8 Å². The molecule has 8 nitrogen and oxygen atoms in total. The molecule has 3 amide bonds. The smallest absolute Gasteiger partial charge is 0.328 e. The van der Waals surface area contributed by atoms with E-state index in [2.05, 4.69) is 5.32 Å². The molecule has 0 spiro atoms. The zero-order valence-corrected chi connectivity index (χ0v) is 8.77. The molecular weight excluding hydrogens is 218 g/mol. The van der Waals surface area contributed by atoms with E-state index in [4.69, 9.17) is 15.9 Å². The van der Waals surface area contributed by atoms with Crippen LogP contribution in [0.2, 0.25) is 0 Å². The van der Waals surface area contributed by atoms with Gasteiger partial charge in [-0.05, 0) is 6.92 Å². The van der Waals surface area contributed by atoms with Crippen LogP contribution in [0, 0.1) is 0 Å². The molecule has 0 radical (unpaired) electrons. The summed E-state index contributed by atoms with van der Waals surface area (Å²) in [7, 11) is 0. The highest BCUT2D eigenvalue weighted by Gasteiger charge is 2.19. The minimum atomic E-state index is -1.37. The summed E-state index contributed by atoms with van der Waals surface area (Å²) in [6.45, 7) is 0.825.